The second kappa shape index (κ2) is 7.54. The Labute approximate surface area is 151 Å². The van der Waals surface area contributed by atoms with Crippen LogP contribution in [-0.4, -0.2) is 16.8 Å². The van der Waals surface area contributed by atoms with E-state index in [4.69, 9.17) is 0 Å². The van der Waals surface area contributed by atoms with Gasteiger partial charge in [0.1, 0.15) is 15.7 Å². The van der Waals surface area contributed by atoms with Crippen LogP contribution in [0.5, 0.6) is 0 Å². The monoisotopic (exact) mass is 375 g/mol. The summed E-state index contributed by atoms with van der Waals surface area (Å²) in [6.45, 7) is 1.75. The molecule has 0 atom stereocenters. The summed E-state index contributed by atoms with van der Waals surface area (Å²) < 4.78 is 12.8. The maximum absolute atomic E-state index is 12.8. The van der Waals surface area contributed by atoms with Crippen LogP contribution >= 0.6 is 22.7 Å². The first kappa shape index (κ1) is 17.2. The fourth-order valence-corrected chi connectivity index (χ4v) is 3.89. The Hall–Kier alpha value is -2.58. The molecule has 1 aromatic carbocycles. The van der Waals surface area contributed by atoms with Crippen molar-refractivity contribution in [3.05, 3.63) is 63.7 Å². The lowest BCUT2D eigenvalue weighted by Crippen LogP contribution is -2.42. The molecule has 2 amide bonds. The highest BCUT2D eigenvalue weighted by molar-refractivity contribution is 7.22. The van der Waals surface area contributed by atoms with Gasteiger partial charge in [0, 0.05) is 0 Å². The number of halogens is 1. The van der Waals surface area contributed by atoms with Crippen molar-refractivity contribution in [2.75, 3.05) is 0 Å². The fourth-order valence-electron chi connectivity index (χ4n) is 2.13. The van der Waals surface area contributed by atoms with Crippen LogP contribution < -0.4 is 10.9 Å². The summed E-state index contributed by atoms with van der Waals surface area (Å²) >= 11 is 2.83. The average molecular weight is 375 g/mol. The van der Waals surface area contributed by atoms with Gasteiger partial charge in [-0.2, -0.15) is 0 Å². The van der Waals surface area contributed by atoms with Crippen molar-refractivity contribution < 1.29 is 14.0 Å². The SMILES string of the molecule is Cc1nc(-c2cccs2)sc1C(=O)NNC(=O)Cc1ccc(F)cc1. The Bertz CT molecular complexity index is 889. The highest BCUT2D eigenvalue weighted by Gasteiger charge is 2.17. The van der Waals surface area contributed by atoms with Gasteiger partial charge < -0.3 is 0 Å². The number of nitrogens with one attached hydrogen (secondary N) is 2. The number of amides is 2. The molecule has 0 saturated heterocycles. The molecule has 25 heavy (non-hydrogen) atoms. The van der Waals surface area contributed by atoms with Crippen LogP contribution in [0.4, 0.5) is 4.39 Å². The second-order valence-corrected chi connectivity index (χ2v) is 7.16. The molecule has 0 radical (unpaired) electrons. The Morgan fingerprint density at radius 1 is 1.16 bits per heavy atom. The van der Waals surface area contributed by atoms with Gasteiger partial charge in [0.2, 0.25) is 5.91 Å². The molecule has 5 nitrogen and oxygen atoms in total. The molecule has 3 aromatic rings. The lowest BCUT2D eigenvalue weighted by molar-refractivity contribution is -0.121. The highest BCUT2D eigenvalue weighted by atomic mass is 32.1. The summed E-state index contributed by atoms with van der Waals surface area (Å²) in [7, 11) is 0. The van der Waals surface area contributed by atoms with Gasteiger partial charge >= 0.3 is 0 Å². The summed E-state index contributed by atoms with van der Waals surface area (Å²) in [5.74, 6) is -1.16. The average Bonchev–Trinajstić information content (AvgIpc) is 3.24. The van der Waals surface area contributed by atoms with Crippen LogP contribution in [0.3, 0.4) is 0 Å². The molecule has 128 valence electrons. The number of thiazole rings is 1. The Morgan fingerprint density at radius 2 is 1.92 bits per heavy atom. The van der Waals surface area contributed by atoms with E-state index in [-0.39, 0.29) is 18.1 Å². The number of aromatic nitrogens is 1. The first-order chi connectivity index (χ1) is 12.0. The smallest absolute Gasteiger partial charge is 0.273 e. The van der Waals surface area contributed by atoms with Crippen LogP contribution in [0.25, 0.3) is 9.88 Å². The van der Waals surface area contributed by atoms with Gasteiger partial charge in [0.25, 0.3) is 5.91 Å². The zero-order valence-electron chi connectivity index (χ0n) is 13.2. The molecule has 0 saturated carbocycles. The van der Waals surface area contributed by atoms with E-state index in [0.717, 1.165) is 9.88 Å². The van der Waals surface area contributed by atoms with Crippen molar-refractivity contribution in [2.45, 2.75) is 13.3 Å². The van der Waals surface area contributed by atoms with Gasteiger partial charge in [0.05, 0.1) is 17.0 Å². The van der Waals surface area contributed by atoms with E-state index in [2.05, 4.69) is 15.8 Å². The number of nitrogens with zero attached hydrogens (tertiary/aromatic N) is 1. The van der Waals surface area contributed by atoms with Crippen molar-refractivity contribution in [3.8, 4) is 9.88 Å². The summed E-state index contributed by atoms with van der Waals surface area (Å²) in [4.78, 5) is 30.0. The Kier molecular flexibility index (Phi) is 5.20. The molecule has 0 fully saturated rings. The lowest BCUT2D eigenvalue weighted by atomic mass is 10.1. The van der Waals surface area contributed by atoms with Gasteiger partial charge in [-0.05, 0) is 36.1 Å². The van der Waals surface area contributed by atoms with Gasteiger partial charge in [0.15, 0.2) is 0 Å². The maximum Gasteiger partial charge on any atom is 0.281 e. The fraction of sp³-hybridized carbons (Fsp3) is 0.118. The third-order valence-corrected chi connectivity index (χ3v) is 5.52. The van der Waals surface area contributed by atoms with E-state index in [1.807, 2.05) is 17.5 Å². The largest absolute Gasteiger partial charge is 0.281 e. The molecule has 0 aliphatic heterocycles. The molecule has 0 unspecified atom stereocenters. The Balaban J connectivity index is 1.59. The van der Waals surface area contributed by atoms with Gasteiger partial charge in [-0.25, -0.2) is 9.37 Å². The van der Waals surface area contributed by atoms with Crippen LogP contribution in [-0.2, 0) is 11.2 Å². The molecule has 3 rings (SSSR count). The van der Waals surface area contributed by atoms with E-state index < -0.39 is 5.91 Å². The molecule has 8 heteroatoms. The predicted molar refractivity (Wildman–Crippen MR) is 95.9 cm³/mol. The summed E-state index contributed by atoms with van der Waals surface area (Å²) in [6, 6.07) is 9.48. The molecule has 2 N–H and O–H groups in total. The summed E-state index contributed by atoms with van der Waals surface area (Å²) in [6.07, 6.45) is 0.0443. The first-order valence-corrected chi connectivity index (χ1v) is 9.07. The standard InChI is InChI=1S/C17H14FN3O2S2/c1-10-15(25-17(19-10)13-3-2-8-24-13)16(23)21-20-14(22)9-11-4-6-12(18)7-5-11/h2-8H,9H2,1H3,(H,20,22)(H,21,23). The number of carbonyl (C=O) groups excluding carboxylic acids is 2. The number of hydrogen-bond acceptors (Lipinski definition) is 5. The van der Waals surface area contributed by atoms with Crippen molar-refractivity contribution >= 4 is 34.5 Å². The number of aryl methyl sites for hydroxylation is 1. The molecular formula is C17H14FN3O2S2. The van der Waals surface area contributed by atoms with Crippen molar-refractivity contribution in [1.29, 1.82) is 0 Å². The number of hydrazine groups is 1. The zero-order chi connectivity index (χ0) is 17.8. The minimum atomic E-state index is -0.412. The first-order valence-electron chi connectivity index (χ1n) is 7.38. The van der Waals surface area contributed by atoms with Crippen LogP contribution in [0.1, 0.15) is 20.9 Å². The molecule has 2 aromatic heterocycles. The van der Waals surface area contributed by atoms with Crippen molar-refractivity contribution in [1.82, 2.24) is 15.8 Å². The molecule has 0 bridgehead atoms. The molecule has 0 spiro atoms. The van der Waals surface area contributed by atoms with Crippen molar-refractivity contribution in [3.63, 3.8) is 0 Å². The van der Waals surface area contributed by atoms with Gasteiger partial charge in [-0.3, -0.25) is 20.4 Å². The third kappa shape index (κ3) is 4.28. The third-order valence-electron chi connectivity index (χ3n) is 3.33. The van der Waals surface area contributed by atoms with Gasteiger partial charge in [-0.15, -0.1) is 22.7 Å². The summed E-state index contributed by atoms with van der Waals surface area (Å²) in [5, 5.41) is 2.72. The number of rotatable bonds is 4. The van der Waals surface area contributed by atoms with E-state index >= 15 is 0 Å². The highest BCUT2D eigenvalue weighted by Crippen LogP contribution is 2.30. The molecule has 0 aliphatic carbocycles. The number of benzene rings is 1. The maximum atomic E-state index is 12.8. The molecule has 2 heterocycles. The molecular weight excluding hydrogens is 361 g/mol. The summed E-state index contributed by atoms with van der Waals surface area (Å²) in [5.41, 5.74) is 6.02. The van der Waals surface area contributed by atoms with Crippen LogP contribution in [0.15, 0.2) is 41.8 Å². The normalized spacial score (nSPS) is 10.5. The zero-order valence-corrected chi connectivity index (χ0v) is 14.8. The van der Waals surface area contributed by atoms with E-state index in [1.54, 1.807) is 18.3 Å². The van der Waals surface area contributed by atoms with Crippen molar-refractivity contribution in [2.24, 2.45) is 0 Å². The van der Waals surface area contributed by atoms with Gasteiger partial charge in [-0.1, -0.05) is 18.2 Å². The lowest BCUT2D eigenvalue weighted by Gasteiger charge is -2.06. The van der Waals surface area contributed by atoms with E-state index in [1.165, 1.54) is 35.6 Å². The van der Waals surface area contributed by atoms with Crippen LogP contribution in [0, 0.1) is 12.7 Å². The topological polar surface area (TPSA) is 71.1 Å². The quantitative estimate of drug-likeness (QED) is 0.687. The van der Waals surface area contributed by atoms with E-state index in [9.17, 15) is 14.0 Å². The Morgan fingerprint density at radius 3 is 2.60 bits per heavy atom. The number of hydrogen-bond donors (Lipinski definition) is 2. The molecule has 0 aliphatic rings. The number of thiophene rings is 1. The van der Waals surface area contributed by atoms with Crippen LogP contribution in [0.2, 0.25) is 0 Å². The number of carbonyl (C=O) groups is 2. The predicted octanol–water partition coefficient (Wildman–Crippen LogP) is 3.32. The minimum absolute atomic E-state index is 0.0443. The second-order valence-electron chi connectivity index (χ2n) is 5.22. The van der Waals surface area contributed by atoms with E-state index in [0.29, 0.717) is 16.1 Å². The minimum Gasteiger partial charge on any atom is -0.273 e.